The molecule has 0 aliphatic rings. The van der Waals surface area contributed by atoms with Crippen molar-refractivity contribution in [2.24, 2.45) is 11.5 Å². The third-order valence-electron chi connectivity index (χ3n) is 1.57. The van der Waals surface area contributed by atoms with E-state index in [2.05, 4.69) is 4.98 Å². The molecular formula is C7H11ClN4. The van der Waals surface area contributed by atoms with E-state index in [9.17, 15) is 0 Å². The Labute approximate surface area is 75.7 Å². The predicted molar refractivity (Wildman–Crippen MR) is 49.6 cm³/mol. The van der Waals surface area contributed by atoms with Crippen molar-refractivity contribution in [2.45, 2.75) is 6.04 Å². The number of anilines is 1. The van der Waals surface area contributed by atoms with Crippen LogP contribution in [0.1, 0.15) is 11.6 Å². The molecule has 0 aliphatic heterocycles. The van der Waals surface area contributed by atoms with Crippen molar-refractivity contribution < 1.29 is 0 Å². The summed E-state index contributed by atoms with van der Waals surface area (Å²) < 4.78 is 0. The zero-order valence-electron chi connectivity index (χ0n) is 6.50. The molecule has 0 amide bonds. The van der Waals surface area contributed by atoms with Crippen LogP contribution >= 0.6 is 11.6 Å². The Morgan fingerprint density at radius 2 is 2.25 bits per heavy atom. The van der Waals surface area contributed by atoms with Gasteiger partial charge in [0.1, 0.15) is 0 Å². The number of rotatable bonds is 2. The summed E-state index contributed by atoms with van der Waals surface area (Å²) >= 11 is 5.62. The first kappa shape index (κ1) is 9.25. The summed E-state index contributed by atoms with van der Waals surface area (Å²) in [5.41, 5.74) is 17.8. The van der Waals surface area contributed by atoms with Gasteiger partial charge >= 0.3 is 0 Å². The number of pyridine rings is 1. The number of nitrogen functional groups attached to an aromatic ring is 1. The van der Waals surface area contributed by atoms with Crippen LogP contribution in [0.2, 0.25) is 5.15 Å². The van der Waals surface area contributed by atoms with E-state index in [1.54, 1.807) is 12.3 Å². The summed E-state index contributed by atoms with van der Waals surface area (Å²) in [5, 5.41) is 0.294. The summed E-state index contributed by atoms with van der Waals surface area (Å²) in [4.78, 5) is 3.85. The second kappa shape index (κ2) is 3.71. The van der Waals surface area contributed by atoms with Gasteiger partial charge in [-0.05, 0) is 11.6 Å². The van der Waals surface area contributed by atoms with Gasteiger partial charge in [-0.15, -0.1) is 0 Å². The van der Waals surface area contributed by atoms with Crippen molar-refractivity contribution >= 4 is 17.3 Å². The molecule has 0 radical (unpaired) electrons. The van der Waals surface area contributed by atoms with Crippen molar-refractivity contribution in [3.8, 4) is 0 Å². The van der Waals surface area contributed by atoms with Crippen LogP contribution in [0.15, 0.2) is 12.3 Å². The van der Waals surface area contributed by atoms with Crippen LogP contribution in [0.25, 0.3) is 0 Å². The van der Waals surface area contributed by atoms with Crippen molar-refractivity contribution in [1.82, 2.24) is 4.98 Å². The number of nitrogens with zero attached hydrogens (tertiary/aromatic N) is 1. The van der Waals surface area contributed by atoms with Crippen LogP contribution in [0, 0.1) is 0 Å². The Morgan fingerprint density at radius 3 is 2.75 bits per heavy atom. The molecule has 1 rings (SSSR count). The quantitative estimate of drug-likeness (QED) is 0.579. The Kier molecular flexibility index (Phi) is 2.86. The molecule has 0 fully saturated rings. The lowest BCUT2D eigenvalue weighted by Crippen LogP contribution is -2.21. The molecule has 0 saturated heterocycles. The molecule has 0 saturated carbocycles. The maximum atomic E-state index is 5.65. The lowest BCUT2D eigenvalue weighted by Gasteiger charge is -2.09. The fraction of sp³-hybridized carbons (Fsp3) is 0.286. The van der Waals surface area contributed by atoms with E-state index in [-0.39, 0.29) is 6.04 Å². The first-order valence-corrected chi connectivity index (χ1v) is 3.89. The highest BCUT2D eigenvalue weighted by Gasteiger charge is 2.05. The van der Waals surface area contributed by atoms with Gasteiger partial charge in [0.2, 0.25) is 0 Å². The molecule has 4 nitrogen and oxygen atoms in total. The largest absolute Gasteiger partial charge is 0.396 e. The van der Waals surface area contributed by atoms with E-state index in [4.69, 9.17) is 28.8 Å². The molecule has 6 N–H and O–H groups in total. The maximum absolute atomic E-state index is 5.65. The minimum Gasteiger partial charge on any atom is -0.396 e. The lowest BCUT2D eigenvalue weighted by molar-refractivity contribution is 0.733. The minimum atomic E-state index is -0.225. The molecule has 1 aromatic rings. The van der Waals surface area contributed by atoms with Gasteiger partial charge in [-0.1, -0.05) is 11.6 Å². The van der Waals surface area contributed by atoms with E-state index < -0.39 is 0 Å². The predicted octanol–water partition coefficient (Wildman–Crippen LogP) is 0.276. The fourth-order valence-electron chi connectivity index (χ4n) is 0.821. The van der Waals surface area contributed by atoms with Crippen molar-refractivity contribution in [3.63, 3.8) is 0 Å². The van der Waals surface area contributed by atoms with Crippen LogP contribution in [0.5, 0.6) is 0 Å². The summed E-state index contributed by atoms with van der Waals surface area (Å²) in [6, 6.07) is 1.46. The standard InChI is InChI=1S/C7H11ClN4/c8-7-5(10)1-4(3-12-7)6(11)2-9/h1,3,6H,2,9-11H2/t6-/m0/s1. The molecule has 66 valence electrons. The molecule has 12 heavy (non-hydrogen) atoms. The average molecular weight is 187 g/mol. The second-order valence-electron chi connectivity index (χ2n) is 2.49. The van der Waals surface area contributed by atoms with Crippen LogP contribution in [0.3, 0.4) is 0 Å². The van der Waals surface area contributed by atoms with E-state index in [0.717, 1.165) is 5.56 Å². The smallest absolute Gasteiger partial charge is 0.151 e. The zero-order valence-corrected chi connectivity index (χ0v) is 7.25. The number of hydrogen-bond acceptors (Lipinski definition) is 4. The highest BCUT2D eigenvalue weighted by Crippen LogP contribution is 2.18. The van der Waals surface area contributed by atoms with Crippen molar-refractivity contribution in [1.29, 1.82) is 0 Å². The topological polar surface area (TPSA) is 91.0 Å². The summed E-state index contributed by atoms with van der Waals surface area (Å²) in [7, 11) is 0. The summed E-state index contributed by atoms with van der Waals surface area (Å²) in [5.74, 6) is 0. The van der Waals surface area contributed by atoms with E-state index >= 15 is 0 Å². The Hall–Kier alpha value is -0.840. The van der Waals surface area contributed by atoms with Gasteiger partial charge in [0.05, 0.1) is 5.69 Å². The van der Waals surface area contributed by atoms with Crippen LogP contribution in [0.4, 0.5) is 5.69 Å². The first-order chi connectivity index (χ1) is 5.65. The van der Waals surface area contributed by atoms with Gasteiger partial charge in [-0.3, -0.25) is 0 Å². The Balaban J connectivity index is 2.96. The molecule has 1 heterocycles. The highest BCUT2D eigenvalue weighted by atomic mass is 35.5. The minimum absolute atomic E-state index is 0.225. The van der Waals surface area contributed by atoms with E-state index in [0.29, 0.717) is 17.4 Å². The van der Waals surface area contributed by atoms with Crippen LogP contribution in [-0.4, -0.2) is 11.5 Å². The molecule has 1 aromatic heterocycles. The molecule has 0 unspecified atom stereocenters. The maximum Gasteiger partial charge on any atom is 0.151 e. The average Bonchev–Trinajstić information content (AvgIpc) is 2.08. The molecule has 0 aliphatic carbocycles. The van der Waals surface area contributed by atoms with Gasteiger partial charge in [0.15, 0.2) is 5.15 Å². The van der Waals surface area contributed by atoms with Gasteiger partial charge in [0, 0.05) is 18.8 Å². The third kappa shape index (κ3) is 1.85. The van der Waals surface area contributed by atoms with E-state index in [1.165, 1.54) is 0 Å². The van der Waals surface area contributed by atoms with Gasteiger partial charge < -0.3 is 17.2 Å². The summed E-state index contributed by atoms with van der Waals surface area (Å²) in [6.45, 7) is 0.364. The van der Waals surface area contributed by atoms with Crippen LogP contribution < -0.4 is 17.2 Å². The Bertz CT molecular complexity index is 276. The van der Waals surface area contributed by atoms with Crippen molar-refractivity contribution in [2.75, 3.05) is 12.3 Å². The molecule has 0 aromatic carbocycles. The van der Waals surface area contributed by atoms with Gasteiger partial charge in [0.25, 0.3) is 0 Å². The van der Waals surface area contributed by atoms with Gasteiger partial charge in [-0.25, -0.2) is 4.98 Å². The number of hydrogen-bond donors (Lipinski definition) is 3. The Morgan fingerprint density at radius 1 is 1.58 bits per heavy atom. The molecule has 0 bridgehead atoms. The highest BCUT2D eigenvalue weighted by molar-refractivity contribution is 6.31. The molecule has 0 spiro atoms. The fourth-order valence-corrected chi connectivity index (χ4v) is 0.924. The number of halogens is 1. The van der Waals surface area contributed by atoms with Crippen molar-refractivity contribution in [3.05, 3.63) is 23.0 Å². The lowest BCUT2D eigenvalue weighted by atomic mass is 10.1. The molecular weight excluding hydrogens is 176 g/mol. The first-order valence-electron chi connectivity index (χ1n) is 3.51. The number of nitrogens with two attached hydrogens (primary N) is 3. The molecule has 1 atom stereocenters. The zero-order chi connectivity index (χ0) is 9.14. The second-order valence-corrected chi connectivity index (χ2v) is 2.85. The van der Waals surface area contributed by atoms with Crippen LogP contribution in [-0.2, 0) is 0 Å². The SMILES string of the molecule is NC[C@H](N)c1cnc(Cl)c(N)c1. The van der Waals surface area contributed by atoms with E-state index in [1.807, 2.05) is 0 Å². The number of aromatic nitrogens is 1. The van der Waals surface area contributed by atoms with Gasteiger partial charge in [-0.2, -0.15) is 0 Å². The molecule has 5 heteroatoms. The normalized spacial score (nSPS) is 12.9. The monoisotopic (exact) mass is 186 g/mol. The summed E-state index contributed by atoms with van der Waals surface area (Å²) in [6.07, 6.45) is 1.58. The third-order valence-corrected chi connectivity index (χ3v) is 1.89.